The highest BCUT2D eigenvalue weighted by Crippen LogP contribution is 2.37. The van der Waals surface area contributed by atoms with Crippen molar-refractivity contribution in [1.29, 1.82) is 0 Å². The average Bonchev–Trinajstić information content (AvgIpc) is 3.32. The molecular weight excluding hydrogens is 412 g/mol. The molecule has 7 heteroatoms. The van der Waals surface area contributed by atoms with Gasteiger partial charge in [-0.25, -0.2) is 4.90 Å². The molecule has 0 N–H and O–H groups in total. The Morgan fingerprint density at radius 2 is 1.74 bits per heavy atom. The average molecular weight is 441 g/mol. The zero-order chi connectivity index (χ0) is 22.1. The van der Waals surface area contributed by atoms with Gasteiger partial charge in [-0.3, -0.25) is 9.59 Å². The fourth-order valence-corrected chi connectivity index (χ4v) is 4.77. The van der Waals surface area contributed by atoms with Crippen molar-refractivity contribution < 1.29 is 19.1 Å². The van der Waals surface area contributed by atoms with Crippen LogP contribution < -0.4 is 9.64 Å². The molecule has 1 fully saturated rings. The number of carbonyl (C=O) groups is 2. The second-order valence-corrected chi connectivity index (χ2v) is 9.46. The number of ether oxygens (including phenoxy) is 2. The summed E-state index contributed by atoms with van der Waals surface area (Å²) in [4.78, 5) is 31.2. The molecule has 1 saturated heterocycles. The fraction of sp³-hybridized carbons (Fsp3) is 0.417. The molecule has 4 rings (SSSR count). The largest absolute Gasteiger partial charge is 0.493 e. The van der Waals surface area contributed by atoms with Crippen molar-refractivity contribution in [3.05, 3.63) is 52.4 Å². The molecule has 1 aromatic carbocycles. The molecule has 6 nitrogen and oxygen atoms in total. The fourth-order valence-electron chi connectivity index (χ4n) is 4.00. The maximum atomic E-state index is 13.6. The third-order valence-electron chi connectivity index (χ3n) is 5.24. The van der Waals surface area contributed by atoms with Crippen LogP contribution in [0.5, 0.6) is 5.75 Å². The summed E-state index contributed by atoms with van der Waals surface area (Å²) in [6.07, 6.45) is -0.0367. The molecule has 0 spiro atoms. The zero-order valence-electron chi connectivity index (χ0n) is 18.3. The minimum absolute atomic E-state index is 0.0184. The number of carbonyl (C=O) groups excluding carboxylic acids is 2. The lowest BCUT2D eigenvalue weighted by Crippen LogP contribution is -2.47. The van der Waals surface area contributed by atoms with Crippen molar-refractivity contribution in [2.24, 2.45) is 5.92 Å². The molecule has 2 aliphatic heterocycles. The minimum Gasteiger partial charge on any atom is -0.493 e. The van der Waals surface area contributed by atoms with Crippen molar-refractivity contribution >= 4 is 34.4 Å². The lowest BCUT2D eigenvalue weighted by molar-refractivity contribution is -0.121. The van der Waals surface area contributed by atoms with Crippen LogP contribution in [0.15, 0.2) is 47.5 Å². The maximum absolute atomic E-state index is 13.6. The quantitative estimate of drug-likeness (QED) is 0.631. The topological polar surface area (TPSA) is 59.1 Å². The molecule has 164 valence electrons. The summed E-state index contributed by atoms with van der Waals surface area (Å²) in [5, 5.41) is 1.92. The Morgan fingerprint density at radius 1 is 1.06 bits per heavy atom. The Bertz CT molecular complexity index is 972. The third-order valence-corrected chi connectivity index (χ3v) is 6.13. The molecule has 2 amide bonds. The van der Waals surface area contributed by atoms with Gasteiger partial charge in [0.15, 0.2) is 0 Å². The van der Waals surface area contributed by atoms with E-state index in [1.54, 1.807) is 24.3 Å². The van der Waals surface area contributed by atoms with Crippen LogP contribution in [-0.4, -0.2) is 48.6 Å². The van der Waals surface area contributed by atoms with Gasteiger partial charge >= 0.3 is 0 Å². The lowest BCUT2D eigenvalue weighted by atomic mass is 10.1. The van der Waals surface area contributed by atoms with E-state index in [1.165, 1.54) is 16.2 Å². The highest BCUT2D eigenvalue weighted by molar-refractivity contribution is 7.11. The van der Waals surface area contributed by atoms with Crippen LogP contribution in [0.1, 0.15) is 32.6 Å². The van der Waals surface area contributed by atoms with Crippen LogP contribution in [0, 0.1) is 5.92 Å². The Hall–Kier alpha value is -2.64. The number of rotatable bonds is 6. The minimum atomic E-state index is -0.287. The van der Waals surface area contributed by atoms with E-state index >= 15 is 0 Å². The Labute approximate surface area is 187 Å². The van der Waals surface area contributed by atoms with E-state index < -0.39 is 0 Å². The van der Waals surface area contributed by atoms with Crippen LogP contribution >= 0.6 is 11.3 Å². The number of thiophene rings is 1. The predicted molar refractivity (Wildman–Crippen MR) is 122 cm³/mol. The number of hydrogen-bond donors (Lipinski definition) is 0. The summed E-state index contributed by atoms with van der Waals surface area (Å²) in [5.41, 5.74) is 1.49. The SMILES string of the molecule is CC(C)COc1ccc(N2C(=O)C(c3cccs3)=C(N3CC(C)OC(C)C3)C2=O)cc1. The summed E-state index contributed by atoms with van der Waals surface area (Å²) in [6.45, 7) is 9.91. The summed E-state index contributed by atoms with van der Waals surface area (Å²) >= 11 is 1.47. The molecule has 0 radical (unpaired) electrons. The van der Waals surface area contributed by atoms with Crippen molar-refractivity contribution in [3.8, 4) is 5.75 Å². The van der Waals surface area contributed by atoms with Gasteiger partial charge in [0.05, 0.1) is 30.1 Å². The van der Waals surface area contributed by atoms with Crippen molar-refractivity contribution in [2.45, 2.75) is 39.9 Å². The molecule has 2 atom stereocenters. The molecule has 1 aromatic heterocycles. The standard InChI is InChI=1S/C24H28N2O4S/c1-15(2)14-29-19-9-7-18(8-10-19)26-23(27)21(20-6-5-11-31-20)22(24(26)28)25-12-16(3)30-17(4)13-25/h5-11,15-17H,12-14H2,1-4H3. The zero-order valence-corrected chi connectivity index (χ0v) is 19.1. The Morgan fingerprint density at radius 3 is 2.32 bits per heavy atom. The van der Waals surface area contributed by atoms with Crippen LogP contribution in [0.3, 0.4) is 0 Å². The van der Waals surface area contributed by atoms with E-state index in [9.17, 15) is 9.59 Å². The number of morpholine rings is 1. The first-order valence-corrected chi connectivity index (χ1v) is 11.5. The van der Waals surface area contributed by atoms with Crippen molar-refractivity contribution in [1.82, 2.24) is 4.90 Å². The summed E-state index contributed by atoms with van der Waals surface area (Å²) in [7, 11) is 0. The monoisotopic (exact) mass is 440 g/mol. The lowest BCUT2D eigenvalue weighted by Gasteiger charge is -2.37. The normalized spacial score (nSPS) is 22.1. The van der Waals surface area contributed by atoms with Gasteiger partial charge in [0.25, 0.3) is 11.8 Å². The van der Waals surface area contributed by atoms with E-state index in [-0.39, 0.29) is 24.0 Å². The van der Waals surface area contributed by atoms with Gasteiger partial charge < -0.3 is 14.4 Å². The van der Waals surface area contributed by atoms with Crippen LogP contribution in [0.2, 0.25) is 0 Å². The van der Waals surface area contributed by atoms with E-state index in [2.05, 4.69) is 13.8 Å². The van der Waals surface area contributed by atoms with Crippen molar-refractivity contribution in [2.75, 3.05) is 24.6 Å². The summed E-state index contributed by atoms with van der Waals surface area (Å²) < 4.78 is 11.6. The smallest absolute Gasteiger partial charge is 0.282 e. The molecular formula is C24H28N2O4S. The number of amides is 2. The number of hydrogen-bond acceptors (Lipinski definition) is 6. The summed E-state index contributed by atoms with van der Waals surface area (Å²) in [5.74, 6) is 0.564. The number of imide groups is 1. The van der Waals surface area contributed by atoms with E-state index in [0.717, 1.165) is 10.6 Å². The highest BCUT2D eigenvalue weighted by atomic mass is 32.1. The molecule has 2 aliphatic rings. The van der Waals surface area contributed by atoms with Gasteiger partial charge in [-0.1, -0.05) is 19.9 Å². The predicted octanol–water partition coefficient (Wildman–Crippen LogP) is 4.18. The molecule has 2 aromatic rings. The maximum Gasteiger partial charge on any atom is 0.282 e. The van der Waals surface area contributed by atoms with Crippen LogP contribution in [0.25, 0.3) is 5.57 Å². The van der Waals surface area contributed by atoms with Crippen LogP contribution in [-0.2, 0) is 14.3 Å². The second kappa shape index (κ2) is 8.85. The number of anilines is 1. The first-order valence-electron chi connectivity index (χ1n) is 10.7. The molecule has 0 aliphatic carbocycles. The summed E-state index contributed by atoms with van der Waals surface area (Å²) in [6, 6.07) is 10.9. The Kier molecular flexibility index (Phi) is 6.16. The van der Waals surface area contributed by atoms with Gasteiger partial charge in [0, 0.05) is 18.0 Å². The van der Waals surface area contributed by atoms with E-state index in [0.29, 0.717) is 42.6 Å². The first-order chi connectivity index (χ1) is 14.8. The molecule has 2 unspecified atom stereocenters. The highest BCUT2D eigenvalue weighted by Gasteiger charge is 2.44. The molecule has 3 heterocycles. The molecule has 0 saturated carbocycles. The van der Waals surface area contributed by atoms with Gasteiger partial charge in [0.1, 0.15) is 11.4 Å². The van der Waals surface area contributed by atoms with Gasteiger partial charge in [-0.05, 0) is 55.5 Å². The molecule has 31 heavy (non-hydrogen) atoms. The van der Waals surface area contributed by atoms with Gasteiger partial charge in [-0.2, -0.15) is 0 Å². The molecule has 0 bridgehead atoms. The van der Waals surface area contributed by atoms with Gasteiger partial charge in [0.2, 0.25) is 0 Å². The number of benzene rings is 1. The third kappa shape index (κ3) is 4.38. The van der Waals surface area contributed by atoms with E-state index in [4.69, 9.17) is 9.47 Å². The number of nitrogens with zero attached hydrogens (tertiary/aromatic N) is 2. The second-order valence-electron chi connectivity index (χ2n) is 8.51. The van der Waals surface area contributed by atoms with Crippen molar-refractivity contribution in [3.63, 3.8) is 0 Å². The first kappa shape index (κ1) is 21.6. The van der Waals surface area contributed by atoms with Crippen LogP contribution in [0.4, 0.5) is 5.69 Å². The van der Waals surface area contributed by atoms with E-state index in [1.807, 2.05) is 36.3 Å². The van der Waals surface area contributed by atoms with Gasteiger partial charge in [-0.15, -0.1) is 11.3 Å². The Balaban J connectivity index is 1.67.